The molecule has 2 saturated heterocycles. The molecule has 3 amide bonds. The first-order chi connectivity index (χ1) is 24.3. The third-order valence-electron chi connectivity index (χ3n) is 9.98. The minimum atomic E-state index is -0.884. The number of piperazine rings is 1. The van der Waals surface area contributed by atoms with Gasteiger partial charge in [0, 0.05) is 69.2 Å². The van der Waals surface area contributed by atoms with Crippen LogP contribution in [0.15, 0.2) is 54.6 Å². The fourth-order valence-electron chi connectivity index (χ4n) is 7.44. The van der Waals surface area contributed by atoms with Crippen LogP contribution >= 0.6 is 0 Å². The van der Waals surface area contributed by atoms with E-state index in [0.29, 0.717) is 50.5 Å². The highest BCUT2D eigenvalue weighted by Gasteiger charge is 2.38. The maximum atomic E-state index is 14.0. The Hall–Kier alpha value is -3.97. The van der Waals surface area contributed by atoms with Crippen molar-refractivity contribution < 1.29 is 39.0 Å². The van der Waals surface area contributed by atoms with Crippen molar-refractivity contribution in [2.24, 2.45) is 5.92 Å². The molecule has 2 aromatic rings. The molecular formula is C39H52N4O8. The third kappa shape index (κ3) is 10.5. The molecule has 276 valence electrons. The highest BCUT2D eigenvalue weighted by atomic mass is 16.7. The summed E-state index contributed by atoms with van der Waals surface area (Å²) in [6.45, 7) is 7.88. The summed E-state index contributed by atoms with van der Waals surface area (Å²) in [5.41, 5.74) is 2.59. The summed E-state index contributed by atoms with van der Waals surface area (Å²) >= 11 is 0. The minimum Gasteiger partial charge on any atom is -0.392 e. The number of hydrogen-bond acceptors (Lipinski definition) is 10. The third-order valence-corrected chi connectivity index (χ3v) is 9.98. The number of carbonyl (C=O) groups excluding carboxylic acids is 5. The van der Waals surface area contributed by atoms with Gasteiger partial charge in [0.25, 0.3) is 11.8 Å². The highest BCUT2D eigenvalue weighted by Crippen LogP contribution is 2.37. The summed E-state index contributed by atoms with van der Waals surface area (Å²) in [6, 6.07) is 17.0. The number of benzene rings is 2. The Balaban J connectivity index is 1.21. The number of ketones is 1. The fourth-order valence-corrected chi connectivity index (χ4v) is 7.44. The molecular weight excluding hydrogens is 652 g/mol. The number of rotatable bonds is 15. The summed E-state index contributed by atoms with van der Waals surface area (Å²) in [7, 11) is 0. The van der Waals surface area contributed by atoms with Gasteiger partial charge in [0.1, 0.15) is 11.8 Å². The minimum absolute atomic E-state index is 0.00231. The molecule has 0 spiro atoms. The van der Waals surface area contributed by atoms with Crippen LogP contribution in [0.4, 0.5) is 0 Å². The zero-order chi connectivity index (χ0) is 36.7. The van der Waals surface area contributed by atoms with Crippen LogP contribution in [-0.2, 0) is 41.7 Å². The predicted molar refractivity (Wildman–Crippen MR) is 189 cm³/mol. The van der Waals surface area contributed by atoms with Crippen LogP contribution in [0.5, 0.6) is 0 Å². The average molecular weight is 705 g/mol. The van der Waals surface area contributed by atoms with E-state index in [-0.39, 0.29) is 56.3 Å². The number of aliphatic hydroxyl groups excluding tert-OH is 2. The molecule has 5 rings (SSSR count). The quantitative estimate of drug-likeness (QED) is 0.236. The van der Waals surface area contributed by atoms with Crippen LogP contribution in [0.2, 0.25) is 0 Å². The number of imide groups is 1. The molecule has 2 heterocycles. The molecule has 5 atom stereocenters. The van der Waals surface area contributed by atoms with Gasteiger partial charge in [-0.05, 0) is 69.7 Å². The number of nitrogens with zero attached hydrogens (tertiary/aromatic N) is 3. The Labute approximate surface area is 300 Å². The van der Waals surface area contributed by atoms with Gasteiger partial charge in [0.05, 0.1) is 12.2 Å². The lowest BCUT2D eigenvalue weighted by Gasteiger charge is -2.42. The van der Waals surface area contributed by atoms with Gasteiger partial charge in [-0.2, -0.15) is 0 Å². The van der Waals surface area contributed by atoms with Gasteiger partial charge in [-0.1, -0.05) is 54.6 Å². The fraction of sp³-hybridized carbons (Fsp3) is 0.564. The number of carbonyl (C=O) groups is 5. The lowest BCUT2D eigenvalue weighted by Crippen LogP contribution is -2.62. The number of hydrogen-bond donors (Lipinski definition) is 3. The van der Waals surface area contributed by atoms with Gasteiger partial charge >= 0.3 is 5.97 Å². The van der Waals surface area contributed by atoms with E-state index in [0.717, 1.165) is 16.7 Å². The molecule has 2 aliphatic heterocycles. The Morgan fingerprint density at radius 1 is 0.980 bits per heavy atom. The summed E-state index contributed by atoms with van der Waals surface area (Å²) < 4.78 is 0. The molecule has 3 aliphatic rings. The number of aliphatic hydroxyl groups is 2. The van der Waals surface area contributed by atoms with E-state index in [1.807, 2.05) is 80.3 Å². The summed E-state index contributed by atoms with van der Waals surface area (Å²) in [5.74, 6) is -2.63. The van der Waals surface area contributed by atoms with Crippen LogP contribution < -0.4 is 5.32 Å². The van der Waals surface area contributed by atoms with Crippen molar-refractivity contribution in [1.29, 1.82) is 0 Å². The normalized spacial score (nSPS) is 22.5. The van der Waals surface area contributed by atoms with Crippen molar-refractivity contribution in [2.45, 2.75) is 102 Å². The molecule has 2 aromatic carbocycles. The Bertz CT molecular complexity index is 1540. The van der Waals surface area contributed by atoms with Gasteiger partial charge in [0.15, 0.2) is 0 Å². The van der Waals surface area contributed by atoms with E-state index in [2.05, 4.69) is 10.2 Å². The second-order valence-corrected chi connectivity index (χ2v) is 15.2. The SMILES string of the molecule is CC(C)(C)NC(=O)[C@@H]1CN(CCCC(=O)ON2C(=O)CCC2=O)CCN1C[C@@H](O)C[C@H](Cc1ccccc1)C(=O)C[C@H]1c2ccccc2C[C@H]1O. The number of Topliss-reactive ketones (excluding diaryl/α,β-unsaturated/α-hetero) is 1. The average Bonchev–Trinajstić information content (AvgIpc) is 3.57. The Morgan fingerprint density at radius 3 is 2.37 bits per heavy atom. The van der Waals surface area contributed by atoms with E-state index in [1.54, 1.807) is 0 Å². The van der Waals surface area contributed by atoms with E-state index < -0.39 is 47.5 Å². The molecule has 3 N–H and O–H groups in total. The van der Waals surface area contributed by atoms with E-state index in [1.165, 1.54) is 0 Å². The number of nitrogens with one attached hydrogen (secondary N) is 1. The molecule has 0 radical (unpaired) electrons. The summed E-state index contributed by atoms with van der Waals surface area (Å²) in [5, 5.41) is 26.0. The zero-order valence-electron chi connectivity index (χ0n) is 30.0. The molecule has 51 heavy (non-hydrogen) atoms. The summed E-state index contributed by atoms with van der Waals surface area (Å²) in [6.07, 6.45) is 0.372. The van der Waals surface area contributed by atoms with Crippen LogP contribution in [0.1, 0.15) is 81.9 Å². The second-order valence-electron chi connectivity index (χ2n) is 15.2. The maximum Gasteiger partial charge on any atom is 0.333 e. The number of fused-ring (bicyclic) bond motifs is 1. The van der Waals surface area contributed by atoms with Crippen molar-refractivity contribution in [2.75, 3.05) is 32.7 Å². The van der Waals surface area contributed by atoms with Crippen LogP contribution in [0.3, 0.4) is 0 Å². The first-order valence-corrected chi connectivity index (χ1v) is 18.1. The largest absolute Gasteiger partial charge is 0.392 e. The van der Waals surface area contributed by atoms with Gasteiger partial charge in [-0.15, -0.1) is 5.06 Å². The van der Waals surface area contributed by atoms with Crippen LogP contribution in [0.25, 0.3) is 0 Å². The molecule has 12 heteroatoms. The van der Waals surface area contributed by atoms with E-state index in [9.17, 15) is 34.2 Å². The summed E-state index contributed by atoms with van der Waals surface area (Å²) in [4.78, 5) is 72.5. The van der Waals surface area contributed by atoms with E-state index in [4.69, 9.17) is 4.84 Å². The molecule has 0 aromatic heterocycles. The van der Waals surface area contributed by atoms with Crippen LogP contribution in [-0.4, -0.2) is 111 Å². The van der Waals surface area contributed by atoms with Gasteiger partial charge in [0.2, 0.25) is 5.91 Å². The lowest BCUT2D eigenvalue weighted by molar-refractivity contribution is -0.197. The molecule has 0 saturated carbocycles. The number of hydroxylamine groups is 2. The smallest absolute Gasteiger partial charge is 0.333 e. The number of amides is 3. The Morgan fingerprint density at radius 2 is 1.67 bits per heavy atom. The molecule has 1 aliphatic carbocycles. The van der Waals surface area contributed by atoms with Crippen molar-refractivity contribution in [3.63, 3.8) is 0 Å². The molecule has 0 bridgehead atoms. The predicted octanol–water partition coefficient (Wildman–Crippen LogP) is 2.54. The second kappa shape index (κ2) is 17.0. The lowest BCUT2D eigenvalue weighted by atomic mass is 9.83. The van der Waals surface area contributed by atoms with E-state index >= 15 is 0 Å². The van der Waals surface area contributed by atoms with Crippen molar-refractivity contribution in [3.05, 3.63) is 71.3 Å². The standard InChI is InChI=1S/C39H52N4O8/c1-39(2,3)40-38(50)32-25-41(17-9-14-37(49)51-43-35(47)15-16-36(43)48)18-19-42(32)24-29(44)21-28(20-26-10-5-4-6-11-26)33(45)23-31-30-13-8-7-12-27(30)22-34(31)46/h4-8,10-13,28-29,31-32,34,44,46H,9,14-25H2,1-3H3,(H,40,50)/t28-,29-,31-,32-,34+/m0/s1. The topological polar surface area (TPSA) is 157 Å². The monoisotopic (exact) mass is 704 g/mol. The van der Waals surface area contributed by atoms with Gasteiger partial charge in [-0.25, -0.2) is 4.79 Å². The first kappa shape index (κ1) is 38.3. The molecule has 12 nitrogen and oxygen atoms in total. The number of β-amino-alcohol motifs (C(OH)–C–C–N with tert-alkyl or cyclic N) is 1. The van der Waals surface area contributed by atoms with Crippen molar-refractivity contribution in [1.82, 2.24) is 20.2 Å². The Kier molecular flexibility index (Phi) is 12.8. The van der Waals surface area contributed by atoms with Crippen LogP contribution in [0, 0.1) is 5.92 Å². The zero-order valence-corrected chi connectivity index (χ0v) is 30.0. The first-order valence-electron chi connectivity index (χ1n) is 18.1. The maximum absolute atomic E-state index is 14.0. The molecule has 0 unspecified atom stereocenters. The van der Waals surface area contributed by atoms with Gasteiger partial charge < -0.3 is 20.4 Å². The van der Waals surface area contributed by atoms with Crippen molar-refractivity contribution in [3.8, 4) is 0 Å². The molecule has 2 fully saturated rings. The van der Waals surface area contributed by atoms with Gasteiger partial charge in [-0.3, -0.25) is 29.0 Å². The van der Waals surface area contributed by atoms with Crippen molar-refractivity contribution >= 4 is 29.5 Å². The highest BCUT2D eigenvalue weighted by molar-refractivity contribution is 6.01.